The van der Waals surface area contributed by atoms with Crippen molar-refractivity contribution in [1.82, 2.24) is 9.78 Å². The van der Waals surface area contributed by atoms with Gasteiger partial charge in [0, 0.05) is 11.3 Å². The summed E-state index contributed by atoms with van der Waals surface area (Å²) in [5.41, 5.74) is 2.98. The highest BCUT2D eigenvalue weighted by molar-refractivity contribution is 5.87. The molecular weight excluding hydrogens is 256 g/mol. The summed E-state index contributed by atoms with van der Waals surface area (Å²) < 4.78 is 6.90. The Morgan fingerprint density at radius 1 is 1.25 bits per heavy atom. The Bertz CT molecular complexity index is 644. The van der Waals surface area contributed by atoms with Gasteiger partial charge in [-0.2, -0.15) is 5.10 Å². The number of hydrogen-bond donors (Lipinski definition) is 1. The van der Waals surface area contributed by atoms with Gasteiger partial charge in [-0.1, -0.05) is 0 Å². The molecule has 0 radical (unpaired) electrons. The maximum atomic E-state index is 11.3. The molecule has 0 spiro atoms. The van der Waals surface area contributed by atoms with E-state index in [9.17, 15) is 9.90 Å². The predicted octanol–water partition coefficient (Wildman–Crippen LogP) is 2.46. The smallest absolute Gasteiger partial charge is 0.356 e. The Hall–Kier alpha value is -2.30. The first-order valence-electron chi connectivity index (χ1n) is 6.69. The van der Waals surface area contributed by atoms with Crippen LogP contribution in [0.25, 0.3) is 5.69 Å². The summed E-state index contributed by atoms with van der Waals surface area (Å²) in [5.74, 6) is -0.177. The van der Waals surface area contributed by atoms with Crippen molar-refractivity contribution in [2.45, 2.75) is 25.7 Å². The van der Waals surface area contributed by atoms with Crippen LogP contribution in [0.2, 0.25) is 0 Å². The molecule has 0 bridgehead atoms. The fourth-order valence-corrected chi connectivity index (χ4v) is 2.71. The van der Waals surface area contributed by atoms with Gasteiger partial charge in [-0.3, -0.25) is 0 Å². The van der Waals surface area contributed by atoms with E-state index in [0.29, 0.717) is 0 Å². The van der Waals surface area contributed by atoms with Crippen LogP contribution in [0.1, 0.15) is 34.6 Å². The van der Waals surface area contributed by atoms with Gasteiger partial charge < -0.3 is 9.84 Å². The number of methoxy groups -OCH3 is 1. The molecule has 0 aliphatic heterocycles. The molecule has 0 fully saturated rings. The number of rotatable bonds is 3. The lowest BCUT2D eigenvalue weighted by molar-refractivity contribution is 0.0688. The van der Waals surface area contributed by atoms with Crippen LogP contribution in [-0.4, -0.2) is 28.0 Å². The van der Waals surface area contributed by atoms with Crippen molar-refractivity contribution in [3.05, 3.63) is 41.2 Å². The Kier molecular flexibility index (Phi) is 3.18. The molecule has 1 N–H and O–H groups in total. The Morgan fingerprint density at radius 2 is 1.95 bits per heavy atom. The Labute approximate surface area is 116 Å². The molecule has 0 saturated heterocycles. The number of nitrogens with zero attached hydrogens (tertiary/aromatic N) is 2. The molecule has 0 amide bonds. The van der Waals surface area contributed by atoms with E-state index in [-0.39, 0.29) is 5.69 Å². The van der Waals surface area contributed by atoms with E-state index in [1.165, 1.54) is 0 Å². The van der Waals surface area contributed by atoms with Crippen LogP contribution in [-0.2, 0) is 12.8 Å². The van der Waals surface area contributed by atoms with Crippen molar-refractivity contribution in [1.29, 1.82) is 0 Å². The number of hydrogen-bond acceptors (Lipinski definition) is 3. The van der Waals surface area contributed by atoms with Crippen molar-refractivity contribution >= 4 is 5.97 Å². The third-order valence-electron chi connectivity index (χ3n) is 3.70. The lowest BCUT2D eigenvalue weighted by atomic mass is 9.95. The van der Waals surface area contributed by atoms with Crippen molar-refractivity contribution < 1.29 is 14.6 Å². The summed E-state index contributed by atoms with van der Waals surface area (Å²) in [5, 5.41) is 13.6. The first-order chi connectivity index (χ1) is 9.70. The van der Waals surface area contributed by atoms with Crippen LogP contribution < -0.4 is 4.74 Å². The third-order valence-corrected chi connectivity index (χ3v) is 3.70. The summed E-state index contributed by atoms with van der Waals surface area (Å²) in [7, 11) is 1.62. The number of carbonyl (C=O) groups is 1. The Morgan fingerprint density at radius 3 is 2.60 bits per heavy atom. The molecule has 1 aromatic heterocycles. The number of ether oxygens (including phenoxy) is 1. The van der Waals surface area contributed by atoms with Crippen LogP contribution in [0, 0.1) is 0 Å². The number of carboxylic acids is 1. The molecule has 0 unspecified atom stereocenters. The summed E-state index contributed by atoms with van der Waals surface area (Å²) in [6.07, 6.45) is 3.78. The van der Waals surface area contributed by atoms with Gasteiger partial charge in [0.05, 0.1) is 12.8 Å². The van der Waals surface area contributed by atoms with Crippen LogP contribution >= 0.6 is 0 Å². The summed E-state index contributed by atoms with van der Waals surface area (Å²) in [4.78, 5) is 11.3. The van der Waals surface area contributed by atoms with Crippen molar-refractivity contribution in [2.75, 3.05) is 7.11 Å². The van der Waals surface area contributed by atoms with Crippen LogP contribution in [0.15, 0.2) is 24.3 Å². The minimum absolute atomic E-state index is 0.190. The summed E-state index contributed by atoms with van der Waals surface area (Å²) in [6.45, 7) is 0. The molecule has 1 heterocycles. The molecule has 1 aliphatic carbocycles. The predicted molar refractivity (Wildman–Crippen MR) is 73.7 cm³/mol. The second kappa shape index (κ2) is 5.00. The fraction of sp³-hybridized carbons (Fsp3) is 0.333. The molecule has 2 aromatic rings. The van der Waals surface area contributed by atoms with E-state index in [1.807, 2.05) is 24.3 Å². The van der Waals surface area contributed by atoms with Crippen molar-refractivity contribution in [2.24, 2.45) is 0 Å². The zero-order chi connectivity index (χ0) is 14.1. The standard InChI is InChI=1S/C15H16N2O3/c1-20-11-8-6-10(7-9-11)17-13-5-3-2-4-12(13)14(16-17)15(18)19/h6-9H,2-5H2,1H3,(H,18,19). The fourth-order valence-electron chi connectivity index (χ4n) is 2.71. The molecule has 3 rings (SSSR count). The number of aromatic nitrogens is 2. The maximum absolute atomic E-state index is 11.3. The number of benzene rings is 1. The second-order valence-corrected chi connectivity index (χ2v) is 4.90. The second-order valence-electron chi connectivity index (χ2n) is 4.90. The van der Waals surface area contributed by atoms with E-state index in [4.69, 9.17) is 4.74 Å². The van der Waals surface area contributed by atoms with Gasteiger partial charge in [0.2, 0.25) is 0 Å². The van der Waals surface area contributed by atoms with E-state index in [2.05, 4.69) is 5.10 Å². The highest BCUT2D eigenvalue weighted by Gasteiger charge is 2.25. The van der Waals surface area contributed by atoms with Gasteiger partial charge in [0.1, 0.15) is 5.75 Å². The van der Waals surface area contributed by atoms with Gasteiger partial charge in [-0.15, -0.1) is 0 Å². The third kappa shape index (κ3) is 2.05. The summed E-state index contributed by atoms with van der Waals surface area (Å²) in [6, 6.07) is 7.50. The average Bonchev–Trinajstić information content (AvgIpc) is 2.87. The monoisotopic (exact) mass is 272 g/mol. The molecule has 5 heteroatoms. The van der Waals surface area contributed by atoms with Crippen LogP contribution in [0.5, 0.6) is 5.75 Å². The summed E-state index contributed by atoms with van der Waals surface area (Å²) >= 11 is 0. The van der Waals surface area contributed by atoms with E-state index < -0.39 is 5.97 Å². The minimum atomic E-state index is -0.949. The van der Waals surface area contributed by atoms with E-state index in [0.717, 1.165) is 48.4 Å². The SMILES string of the molecule is COc1ccc(-n2nc(C(=O)O)c3c2CCCC3)cc1. The van der Waals surface area contributed by atoms with Gasteiger partial charge in [-0.05, 0) is 49.9 Å². The first-order valence-corrected chi connectivity index (χ1v) is 6.69. The van der Waals surface area contributed by atoms with Crippen LogP contribution in [0.4, 0.5) is 0 Å². The number of carboxylic acid groups (broad SMARTS) is 1. The average molecular weight is 272 g/mol. The lowest BCUT2D eigenvalue weighted by Crippen LogP contribution is -2.08. The van der Waals surface area contributed by atoms with Crippen LogP contribution in [0.3, 0.4) is 0 Å². The molecule has 0 atom stereocenters. The molecule has 20 heavy (non-hydrogen) atoms. The van der Waals surface area contributed by atoms with E-state index in [1.54, 1.807) is 11.8 Å². The molecule has 5 nitrogen and oxygen atoms in total. The normalized spacial score (nSPS) is 13.8. The van der Waals surface area contributed by atoms with Gasteiger partial charge in [0.25, 0.3) is 0 Å². The molecule has 1 aliphatic rings. The maximum Gasteiger partial charge on any atom is 0.356 e. The van der Waals surface area contributed by atoms with Gasteiger partial charge >= 0.3 is 5.97 Å². The zero-order valence-electron chi connectivity index (χ0n) is 11.3. The molecule has 0 saturated carbocycles. The highest BCUT2D eigenvalue weighted by Crippen LogP contribution is 2.27. The molecular formula is C15H16N2O3. The number of aromatic carboxylic acids is 1. The molecule has 104 valence electrons. The van der Waals surface area contributed by atoms with Crippen molar-refractivity contribution in [3.8, 4) is 11.4 Å². The topological polar surface area (TPSA) is 64.4 Å². The lowest BCUT2D eigenvalue weighted by Gasteiger charge is -2.14. The van der Waals surface area contributed by atoms with Crippen molar-refractivity contribution in [3.63, 3.8) is 0 Å². The largest absolute Gasteiger partial charge is 0.497 e. The van der Waals surface area contributed by atoms with E-state index >= 15 is 0 Å². The van der Waals surface area contributed by atoms with Gasteiger partial charge in [-0.25, -0.2) is 9.48 Å². The Balaban J connectivity index is 2.10. The quantitative estimate of drug-likeness (QED) is 0.932. The molecule has 1 aromatic carbocycles. The first kappa shape index (κ1) is 12.7. The van der Waals surface area contributed by atoms with Gasteiger partial charge in [0.15, 0.2) is 5.69 Å². The number of fused-ring (bicyclic) bond motifs is 1. The highest BCUT2D eigenvalue weighted by atomic mass is 16.5. The minimum Gasteiger partial charge on any atom is -0.497 e. The zero-order valence-corrected chi connectivity index (χ0v) is 11.3.